The lowest BCUT2D eigenvalue weighted by molar-refractivity contribution is 0.108. The van der Waals surface area contributed by atoms with Gasteiger partial charge < -0.3 is 4.74 Å². The lowest BCUT2D eigenvalue weighted by atomic mass is 10.2. The summed E-state index contributed by atoms with van der Waals surface area (Å²) in [4.78, 5) is 0. The Bertz CT molecular complexity index is 495. The average Bonchev–Trinajstić information content (AvgIpc) is 2.97. The van der Waals surface area contributed by atoms with Gasteiger partial charge in [0.25, 0.3) is 0 Å². The highest BCUT2D eigenvalue weighted by Gasteiger charge is 2.22. The Labute approximate surface area is 121 Å². The van der Waals surface area contributed by atoms with Crippen molar-refractivity contribution in [3.63, 3.8) is 0 Å². The molecule has 1 atom stereocenters. The number of benzene rings is 1. The van der Waals surface area contributed by atoms with E-state index in [9.17, 15) is 8.42 Å². The number of ether oxygens (including phenoxy) is 1. The van der Waals surface area contributed by atoms with Gasteiger partial charge in [-0.25, -0.2) is 12.7 Å². The van der Waals surface area contributed by atoms with E-state index in [0.29, 0.717) is 13.0 Å². The van der Waals surface area contributed by atoms with Gasteiger partial charge in [0.2, 0.25) is 10.0 Å². The molecule has 0 radical (unpaired) electrons. The van der Waals surface area contributed by atoms with Crippen molar-refractivity contribution in [1.82, 2.24) is 4.31 Å². The van der Waals surface area contributed by atoms with Crippen LogP contribution in [0.4, 0.5) is 0 Å². The van der Waals surface area contributed by atoms with E-state index < -0.39 is 10.0 Å². The highest BCUT2D eigenvalue weighted by Crippen LogP contribution is 2.16. The van der Waals surface area contributed by atoms with Gasteiger partial charge in [0.15, 0.2) is 0 Å². The molecule has 0 aliphatic carbocycles. The summed E-state index contributed by atoms with van der Waals surface area (Å²) < 4.78 is 31.3. The van der Waals surface area contributed by atoms with Gasteiger partial charge in [-0.1, -0.05) is 30.3 Å². The number of rotatable bonds is 7. The fourth-order valence-electron chi connectivity index (χ4n) is 2.38. The molecule has 4 nitrogen and oxygen atoms in total. The molecule has 1 fully saturated rings. The third-order valence-electron chi connectivity index (χ3n) is 3.75. The van der Waals surface area contributed by atoms with E-state index in [2.05, 4.69) is 0 Å². The third kappa shape index (κ3) is 4.58. The lowest BCUT2D eigenvalue weighted by Gasteiger charge is -2.18. The molecule has 1 aromatic carbocycles. The van der Waals surface area contributed by atoms with E-state index in [4.69, 9.17) is 4.74 Å². The topological polar surface area (TPSA) is 46.6 Å². The van der Waals surface area contributed by atoms with Crippen LogP contribution >= 0.6 is 0 Å². The molecule has 1 heterocycles. The molecule has 0 amide bonds. The van der Waals surface area contributed by atoms with Crippen molar-refractivity contribution in [3.8, 4) is 0 Å². The van der Waals surface area contributed by atoms with Crippen LogP contribution in [0.25, 0.3) is 0 Å². The minimum atomic E-state index is -3.16. The second-order valence-electron chi connectivity index (χ2n) is 5.30. The Morgan fingerprint density at radius 3 is 2.70 bits per heavy atom. The van der Waals surface area contributed by atoms with Crippen molar-refractivity contribution in [2.45, 2.75) is 31.8 Å². The third-order valence-corrected chi connectivity index (χ3v) is 5.64. The normalized spacial score (nSPS) is 19.6. The number of hydrogen-bond donors (Lipinski definition) is 0. The lowest BCUT2D eigenvalue weighted by Crippen LogP contribution is -2.32. The summed E-state index contributed by atoms with van der Waals surface area (Å²) in [5, 5.41) is 0. The van der Waals surface area contributed by atoms with E-state index in [1.807, 2.05) is 30.3 Å². The maximum Gasteiger partial charge on any atom is 0.213 e. The molecule has 112 valence electrons. The van der Waals surface area contributed by atoms with Crippen LogP contribution < -0.4 is 0 Å². The quantitative estimate of drug-likeness (QED) is 0.774. The zero-order chi connectivity index (χ0) is 14.4. The first kappa shape index (κ1) is 15.5. The molecule has 1 aromatic rings. The molecule has 0 aromatic heterocycles. The van der Waals surface area contributed by atoms with Crippen LogP contribution in [0.15, 0.2) is 30.3 Å². The largest absolute Gasteiger partial charge is 0.378 e. The zero-order valence-electron chi connectivity index (χ0n) is 12.0. The first-order chi connectivity index (χ1) is 9.58. The Balaban J connectivity index is 1.79. The number of sulfonamides is 1. The van der Waals surface area contributed by atoms with Gasteiger partial charge in [-0.05, 0) is 31.2 Å². The van der Waals surface area contributed by atoms with Crippen LogP contribution in [-0.2, 0) is 21.2 Å². The van der Waals surface area contributed by atoms with Crippen LogP contribution in [0, 0.1) is 0 Å². The second-order valence-corrected chi connectivity index (χ2v) is 7.49. The second kappa shape index (κ2) is 7.20. The average molecular weight is 297 g/mol. The van der Waals surface area contributed by atoms with Gasteiger partial charge in [0.05, 0.1) is 11.9 Å². The maximum atomic E-state index is 12.2. The first-order valence-electron chi connectivity index (χ1n) is 7.17. The standard InChI is InChI=1S/C15H23NO3S/c1-16(11-9-14-6-3-2-4-7-14)20(17,18)13-10-15-8-5-12-19-15/h2-4,6-7,15H,5,8-13H2,1H3/t15-/m1/s1. The minimum absolute atomic E-state index is 0.132. The van der Waals surface area contributed by atoms with Gasteiger partial charge in [0.1, 0.15) is 0 Å². The summed E-state index contributed by atoms with van der Waals surface area (Å²) in [7, 11) is -1.50. The highest BCUT2D eigenvalue weighted by atomic mass is 32.2. The number of hydrogen-bond acceptors (Lipinski definition) is 3. The van der Waals surface area contributed by atoms with Gasteiger partial charge in [-0.3, -0.25) is 0 Å². The van der Waals surface area contributed by atoms with Crippen molar-refractivity contribution in [1.29, 1.82) is 0 Å². The summed E-state index contributed by atoms with van der Waals surface area (Å²) >= 11 is 0. The van der Waals surface area contributed by atoms with Crippen LogP contribution in [0.3, 0.4) is 0 Å². The van der Waals surface area contributed by atoms with E-state index in [-0.39, 0.29) is 11.9 Å². The van der Waals surface area contributed by atoms with E-state index in [1.54, 1.807) is 7.05 Å². The Morgan fingerprint density at radius 2 is 2.05 bits per heavy atom. The van der Waals surface area contributed by atoms with Crippen molar-refractivity contribution < 1.29 is 13.2 Å². The fourth-order valence-corrected chi connectivity index (χ4v) is 3.62. The number of nitrogens with zero attached hydrogens (tertiary/aromatic N) is 1. The van der Waals surface area contributed by atoms with Crippen molar-refractivity contribution in [2.75, 3.05) is 26.0 Å². The molecule has 1 saturated heterocycles. The monoisotopic (exact) mass is 297 g/mol. The summed E-state index contributed by atoms with van der Waals surface area (Å²) in [5.74, 6) is 0.183. The molecule has 0 N–H and O–H groups in total. The molecular formula is C15H23NO3S. The molecule has 0 unspecified atom stereocenters. The molecule has 1 aliphatic heterocycles. The van der Waals surface area contributed by atoms with Crippen LogP contribution in [-0.4, -0.2) is 44.8 Å². The Kier molecular flexibility index (Phi) is 5.57. The van der Waals surface area contributed by atoms with Gasteiger partial charge in [-0.2, -0.15) is 0 Å². The highest BCUT2D eigenvalue weighted by molar-refractivity contribution is 7.89. The molecule has 20 heavy (non-hydrogen) atoms. The van der Waals surface area contributed by atoms with E-state index in [1.165, 1.54) is 4.31 Å². The predicted octanol–water partition coefficient (Wildman–Crippen LogP) is 2.06. The molecular weight excluding hydrogens is 274 g/mol. The van der Waals surface area contributed by atoms with Crippen molar-refractivity contribution in [3.05, 3.63) is 35.9 Å². The van der Waals surface area contributed by atoms with Gasteiger partial charge in [0, 0.05) is 20.2 Å². The van der Waals surface area contributed by atoms with E-state index in [0.717, 1.165) is 31.4 Å². The summed E-state index contributed by atoms with van der Waals surface area (Å²) in [6.07, 6.45) is 3.53. The minimum Gasteiger partial charge on any atom is -0.378 e. The zero-order valence-corrected chi connectivity index (χ0v) is 12.8. The van der Waals surface area contributed by atoms with Crippen molar-refractivity contribution in [2.24, 2.45) is 0 Å². The van der Waals surface area contributed by atoms with Crippen LogP contribution in [0.1, 0.15) is 24.8 Å². The van der Waals surface area contributed by atoms with Gasteiger partial charge in [-0.15, -0.1) is 0 Å². The van der Waals surface area contributed by atoms with Crippen LogP contribution in [0.2, 0.25) is 0 Å². The van der Waals surface area contributed by atoms with E-state index >= 15 is 0 Å². The van der Waals surface area contributed by atoms with Crippen LogP contribution in [0.5, 0.6) is 0 Å². The smallest absolute Gasteiger partial charge is 0.213 e. The molecule has 0 bridgehead atoms. The summed E-state index contributed by atoms with van der Waals surface area (Å²) in [5.41, 5.74) is 1.16. The molecule has 1 aliphatic rings. The van der Waals surface area contributed by atoms with Gasteiger partial charge >= 0.3 is 0 Å². The molecule has 0 saturated carbocycles. The maximum absolute atomic E-state index is 12.2. The Hall–Kier alpha value is -0.910. The fraction of sp³-hybridized carbons (Fsp3) is 0.600. The summed E-state index contributed by atoms with van der Waals surface area (Å²) in [6.45, 7) is 1.30. The SMILES string of the molecule is CN(CCc1ccccc1)S(=O)(=O)CC[C@H]1CCCO1. The molecule has 2 rings (SSSR count). The predicted molar refractivity (Wildman–Crippen MR) is 80.2 cm³/mol. The molecule has 5 heteroatoms. The molecule has 0 spiro atoms. The van der Waals surface area contributed by atoms with Crippen molar-refractivity contribution >= 4 is 10.0 Å². The first-order valence-corrected chi connectivity index (χ1v) is 8.78. The summed E-state index contributed by atoms with van der Waals surface area (Å²) in [6, 6.07) is 9.95. The number of likely N-dealkylation sites (N-methyl/N-ethyl adjacent to an activating group) is 1. The Morgan fingerprint density at radius 1 is 1.30 bits per heavy atom.